The van der Waals surface area contributed by atoms with Gasteiger partial charge in [-0.2, -0.15) is 0 Å². The molecule has 2 atom stereocenters. The molecule has 28 heavy (non-hydrogen) atoms. The molecule has 0 saturated carbocycles. The number of ether oxygens (including phenoxy) is 1. The Morgan fingerprint density at radius 2 is 1.86 bits per heavy atom. The van der Waals surface area contributed by atoms with Crippen LogP contribution < -0.4 is 10.2 Å². The van der Waals surface area contributed by atoms with Gasteiger partial charge in [-0.15, -0.1) is 0 Å². The number of benzene rings is 1. The maximum absolute atomic E-state index is 12.5. The lowest BCUT2D eigenvalue weighted by Gasteiger charge is -2.36. The van der Waals surface area contributed by atoms with Crippen LogP contribution in [-0.2, 0) is 14.6 Å². The number of nitrogens with one attached hydrogen (secondary N) is 1. The van der Waals surface area contributed by atoms with E-state index in [-0.39, 0.29) is 28.6 Å². The van der Waals surface area contributed by atoms with E-state index in [9.17, 15) is 13.2 Å². The fourth-order valence-electron chi connectivity index (χ4n) is 3.36. The number of hydrogen-bond acceptors (Lipinski definition) is 6. The van der Waals surface area contributed by atoms with Crippen LogP contribution in [0.15, 0.2) is 41.4 Å². The van der Waals surface area contributed by atoms with Gasteiger partial charge in [0.05, 0.1) is 29.0 Å². The summed E-state index contributed by atoms with van der Waals surface area (Å²) in [6.45, 7) is 7.29. The van der Waals surface area contributed by atoms with Crippen molar-refractivity contribution in [3.63, 3.8) is 0 Å². The van der Waals surface area contributed by atoms with Crippen LogP contribution in [0.2, 0.25) is 0 Å². The molecule has 7 nitrogen and oxygen atoms in total. The van der Waals surface area contributed by atoms with Gasteiger partial charge in [0.15, 0.2) is 9.84 Å². The predicted molar refractivity (Wildman–Crippen MR) is 109 cm³/mol. The van der Waals surface area contributed by atoms with Crippen molar-refractivity contribution in [3.8, 4) is 0 Å². The maximum Gasteiger partial charge on any atom is 0.255 e. The van der Waals surface area contributed by atoms with Gasteiger partial charge in [0.1, 0.15) is 5.82 Å². The quantitative estimate of drug-likeness (QED) is 0.844. The fourth-order valence-corrected chi connectivity index (χ4v) is 4.35. The van der Waals surface area contributed by atoms with Crippen LogP contribution >= 0.6 is 0 Å². The van der Waals surface area contributed by atoms with Crippen molar-refractivity contribution in [3.05, 3.63) is 47.7 Å². The molecule has 3 rings (SSSR count). The van der Waals surface area contributed by atoms with Gasteiger partial charge in [-0.05, 0) is 50.6 Å². The Morgan fingerprint density at radius 3 is 2.43 bits per heavy atom. The molecular formula is C20H25N3O4S. The van der Waals surface area contributed by atoms with E-state index < -0.39 is 9.84 Å². The highest BCUT2D eigenvalue weighted by Gasteiger charge is 2.23. The second kappa shape index (κ2) is 7.89. The number of sulfone groups is 1. The molecule has 1 amide bonds. The third kappa shape index (κ3) is 4.69. The van der Waals surface area contributed by atoms with Crippen molar-refractivity contribution in [2.45, 2.75) is 37.9 Å². The summed E-state index contributed by atoms with van der Waals surface area (Å²) in [5, 5.41) is 2.76. The van der Waals surface area contributed by atoms with Gasteiger partial charge in [0.25, 0.3) is 5.91 Å². The van der Waals surface area contributed by atoms with Gasteiger partial charge in [0, 0.05) is 24.9 Å². The normalized spacial score (nSPS) is 20.1. The number of morpholine rings is 1. The predicted octanol–water partition coefficient (Wildman–Crippen LogP) is 2.66. The highest BCUT2D eigenvalue weighted by molar-refractivity contribution is 7.90. The summed E-state index contributed by atoms with van der Waals surface area (Å²) in [6.07, 6.45) is 3.00. The van der Waals surface area contributed by atoms with Crippen LogP contribution in [0.5, 0.6) is 0 Å². The van der Waals surface area contributed by atoms with E-state index in [1.165, 1.54) is 6.07 Å². The van der Waals surface area contributed by atoms with Gasteiger partial charge >= 0.3 is 0 Å². The SMILES string of the molecule is Cc1ccc(C(=O)Nc2ccc(N3CC(C)OC(C)C3)nc2)cc1S(C)(=O)=O. The number of rotatable bonds is 4. The molecule has 150 valence electrons. The van der Waals surface area contributed by atoms with Crippen LogP contribution in [0.25, 0.3) is 0 Å². The first-order valence-electron chi connectivity index (χ1n) is 9.12. The maximum atomic E-state index is 12.5. The third-order valence-corrected chi connectivity index (χ3v) is 5.84. The monoisotopic (exact) mass is 403 g/mol. The van der Waals surface area contributed by atoms with Crippen LogP contribution in [0.3, 0.4) is 0 Å². The first kappa shape index (κ1) is 20.3. The van der Waals surface area contributed by atoms with Crippen molar-refractivity contribution >= 4 is 27.2 Å². The highest BCUT2D eigenvalue weighted by Crippen LogP contribution is 2.21. The lowest BCUT2D eigenvalue weighted by molar-refractivity contribution is -0.00545. The zero-order valence-corrected chi connectivity index (χ0v) is 17.3. The molecule has 1 aromatic heterocycles. The van der Waals surface area contributed by atoms with Gasteiger partial charge < -0.3 is 15.0 Å². The van der Waals surface area contributed by atoms with Gasteiger partial charge in [-0.1, -0.05) is 6.07 Å². The summed E-state index contributed by atoms with van der Waals surface area (Å²) in [7, 11) is -3.40. The topological polar surface area (TPSA) is 88.6 Å². The number of aryl methyl sites for hydroxylation is 1. The molecule has 0 radical (unpaired) electrons. The summed E-state index contributed by atoms with van der Waals surface area (Å²) >= 11 is 0. The number of carbonyl (C=O) groups excluding carboxylic acids is 1. The molecule has 0 aliphatic carbocycles. The molecule has 0 bridgehead atoms. The summed E-state index contributed by atoms with van der Waals surface area (Å²) in [5.41, 5.74) is 1.44. The van der Waals surface area contributed by atoms with Gasteiger partial charge in [-0.3, -0.25) is 4.79 Å². The van der Waals surface area contributed by atoms with E-state index in [0.717, 1.165) is 25.2 Å². The van der Waals surface area contributed by atoms with Gasteiger partial charge in [-0.25, -0.2) is 13.4 Å². The zero-order valence-electron chi connectivity index (χ0n) is 16.5. The highest BCUT2D eigenvalue weighted by atomic mass is 32.2. The Bertz CT molecular complexity index is 963. The molecule has 8 heteroatoms. The standard InChI is InChI=1S/C20H25N3O4S/c1-13-5-6-16(9-18(13)28(4,25)26)20(24)22-17-7-8-19(21-10-17)23-11-14(2)27-15(3)12-23/h5-10,14-15H,11-12H2,1-4H3,(H,22,24). The minimum Gasteiger partial charge on any atom is -0.372 e. The van der Waals surface area contributed by atoms with E-state index in [1.807, 2.05) is 19.9 Å². The summed E-state index contributed by atoms with van der Waals surface area (Å²) in [5.74, 6) is 0.447. The number of aromatic nitrogens is 1. The van der Waals surface area contributed by atoms with E-state index in [0.29, 0.717) is 11.3 Å². The number of carbonyl (C=O) groups is 1. The number of pyridine rings is 1. The summed E-state index contributed by atoms with van der Waals surface area (Å²) in [4.78, 5) is 19.3. The van der Waals surface area contributed by atoms with Crippen molar-refractivity contribution in [2.24, 2.45) is 0 Å². The Morgan fingerprint density at radius 1 is 1.18 bits per heavy atom. The lowest BCUT2D eigenvalue weighted by atomic mass is 10.1. The Balaban J connectivity index is 1.73. The molecule has 1 N–H and O–H groups in total. The van der Waals surface area contributed by atoms with Crippen LogP contribution in [0.4, 0.5) is 11.5 Å². The van der Waals surface area contributed by atoms with Crippen molar-refractivity contribution in [1.29, 1.82) is 0 Å². The average Bonchev–Trinajstić information content (AvgIpc) is 2.61. The van der Waals surface area contributed by atoms with Crippen molar-refractivity contribution in [1.82, 2.24) is 4.98 Å². The average molecular weight is 404 g/mol. The second-order valence-electron chi connectivity index (χ2n) is 7.27. The smallest absolute Gasteiger partial charge is 0.255 e. The third-order valence-electron chi connectivity index (χ3n) is 4.60. The number of nitrogens with zero attached hydrogens (tertiary/aromatic N) is 2. The van der Waals surface area contributed by atoms with E-state index in [2.05, 4.69) is 15.2 Å². The molecule has 0 spiro atoms. The largest absolute Gasteiger partial charge is 0.372 e. The van der Waals surface area contributed by atoms with E-state index in [1.54, 1.807) is 31.3 Å². The van der Waals surface area contributed by atoms with Crippen LogP contribution in [-0.4, -0.2) is 50.9 Å². The molecular weight excluding hydrogens is 378 g/mol. The molecule has 1 saturated heterocycles. The minimum absolute atomic E-state index is 0.135. The summed E-state index contributed by atoms with van der Waals surface area (Å²) in [6, 6.07) is 8.29. The minimum atomic E-state index is -3.40. The van der Waals surface area contributed by atoms with Crippen LogP contribution in [0.1, 0.15) is 29.8 Å². The molecule has 1 fully saturated rings. The van der Waals surface area contributed by atoms with E-state index in [4.69, 9.17) is 4.74 Å². The number of amides is 1. The molecule has 1 aromatic carbocycles. The van der Waals surface area contributed by atoms with Crippen molar-refractivity contribution < 1.29 is 17.9 Å². The van der Waals surface area contributed by atoms with Gasteiger partial charge in [0.2, 0.25) is 0 Å². The van der Waals surface area contributed by atoms with Crippen molar-refractivity contribution in [2.75, 3.05) is 29.6 Å². The summed E-state index contributed by atoms with van der Waals surface area (Å²) < 4.78 is 29.5. The molecule has 1 aliphatic rings. The molecule has 2 heterocycles. The number of hydrogen-bond donors (Lipinski definition) is 1. The zero-order chi connectivity index (χ0) is 20.5. The molecule has 2 unspecified atom stereocenters. The fraction of sp³-hybridized carbons (Fsp3) is 0.400. The second-order valence-corrected chi connectivity index (χ2v) is 9.26. The Hall–Kier alpha value is -2.45. The first-order valence-corrected chi connectivity index (χ1v) is 11.0. The molecule has 2 aromatic rings. The molecule has 1 aliphatic heterocycles. The van der Waals surface area contributed by atoms with E-state index >= 15 is 0 Å². The lowest BCUT2D eigenvalue weighted by Crippen LogP contribution is -2.45. The Kier molecular flexibility index (Phi) is 5.71. The first-order chi connectivity index (χ1) is 13.1. The van der Waals surface area contributed by atoms with Crippen LogP contribution in [0, 0.1) is 6.92 Å². The number of anilines is 2. The Labute approximate surface area is 165 Å².